The summed E-state index contributed by atoms with van der Waals surface area (Å²) in [5.41, 5.74) is 0. The fraction of sp³-hybridized carbons (Fsp3) is 1.00. The van der Waals surface area contributed by atoms with Crippen LogP contribution in [0.25, 0.3) is 0 Å². The predicted molar refractivity (Wildman–Crippen MR) is 68.7 cm³/mol. The van der Waals surface area contributed by atoms with Crippen molar-refractivity contribution in [3.05, 3.63) is 0 Å². The lowest BCUT2D eigenvalue weighted by Crippen LogP contribution is -2.37. The first kappa shape index (κ1) is 17.8. The molecular weight excluding hydrogens is 280 g/mol. The molecule has 8 heteroatoms. The molecule has 6 nitrogen and oxygen atoms in total. The Morgan fingerprint density at radius 2 is 0.944 bits per heavy atom. The molecule has 0 aliphatic heterocycles. The van der Waals surface area contributed by atoms with E-state index in [1.807, 2.05) is 0 Å². The molecule has 0 N–H and O–H groups in total. The van der Waals surface area contributed by atoms with Gasteiger partial charge in [0.05, 0.1) is 9.49 Å². The molecule has 0 aromatic rings. The molecule has 0 fully saturated rings. The molecule has 18 heavy (non-hydrogen) atoms. The Hall–Kier alpha value is -0.180. The number of hydrogen-bond acceptors (Lipinski definition) is 6. The normalized spacial score (nSPS) is 14.8. The van der Waals surface area contributed by atoms with E-state index in [1.165, 1.54) is 27.7 Å². The molecule has 110 valence electrons. The van der Waals surface area contributed by atoms with Crippen molar-refractivity contribution < 1.29 is 25.5 Å². The maximum absolute atomic E-state index is 11.7. The van der Waals surface area contributed by atoms with Crippen LogP contribution in [0.3, 0.4) is 0 Å². The minimum absolute atomic E-state index is 0.274. The fourth-order valence-electron chi connectivity index (χ4n) is 0.611. The van der Waals surface area contributed by atoms with Gasteiger partial charge < -0.3 is 0 Å². The van der Waals surface area contributed by atoms with Gasteiger partial charge in [0.15, 0.2) is 0 Å². The molecule has 0 atom stereocenters. The molecule has 0 aliphatic rings. The minimum Gasteiger partial charge on any atom is -0.196 e. The predicted octanol–water partition coefficient (Wildman–Crippen LogP) is 1.97. The zero-order valence-corrected chi connectivity index (χ0v) is 13.3. The second kappa shape index (κ2) is 5.44. The van der Waals surface area contributed by atoms with Crippen LogP contribution in [0.1, 0.15) is 54.4 Å². The van der Waals surface area contributed by atoms with Gasteiger partial charge in [-0.2, -0.15) is 16.8 Å². The first-order valence-corrected chi connectivity index (χ1v) is 8.51. The van der Waals surface area contributed by atoms with Crippen LogP contribution in [0.5, 0.6) is 0 Å². The van der Waals surface area contributed by atoms with Crippen LogP contribution in [0.15, 0.2) is 0 Å². The van der Waals surface area contributed by atoms with Crippen LogP contribution in [0.4, 0.5) is 0 Å². The van der Waals surface area contributed by atoms with Crippen LogP contribution in [-0.4, -0.2) is 26.3 Å². The lowest BCUT2D eigenvalue weighted by molar-refractivity contribution is -0.0907. The summed E-state index contributed by atoms with van der Waals surface area (Å²) in [6, 6.07) is 0. The van der Waals surface area contributed by atoms with Crippen molar-refractivity contribution in [2.24, 2.45) is 0 Å². The highest BCUT2D eigenvalue weighted by molar-refractivity contribution is 7.90. The van der Waals surface area contributed by atoms with Crippen molar-refractivity contribution in [2.45, 2.75) is 63.9 Å². The van der Waals surface area contributed by atoms with Crippen LogP contribution < -0.4 is 0 Å². The van der Waals surface area contributed by atoms with Gasteiger partial charge in [0.2, 0.25) is 0 Å². The Morgan fingerprint density at radius 3 is 1.11 bits per heavy atom. The van der Waals surface area contributed by atoms with E-state index in [4.69, 9.17) is 0 Å². The van der Waals surface area contributed by atoms with E-state index in [-0.39, 0.29) is 12.8 Å². The largest absolute Gasteiger partial charge is 0.299 e. The van der Waals surface area contributed by atoms with E-state index < -0.39 is 29.7 Å². The Morgan fingerprint density at radius 1 is 0.722 bits per heavy atom. The van der Waals surface area contributed by atoms with Crippen LogP contribution in [0, 0.1) is 0 Å². The molecule has 0 aliphatic carbocycles. The molecule has 0 radical (unpaired) electrons. The van der Waals surface area contributed by atoms with E-state index in [2.05, 4.69) is 8.67 Å². The standard InChI is InChI=1S/C10H22O6S2/c1-7-9(3,4)17(11,12)15-16-18(13,14)10(5,6)8-2/h7-8H2,1-6H3. The third kappa shape index (κ3) is 3.66. The topological polar surface area (TPSA) is 86.7 Å². The first-order valence-electron chi connectivity index (χ1n) is 5.70. The van der Waals surface area contributed by atoms with E-state index in [1.54, 1.807) is 13.8 Å². The Balaban J connectivity index is 5.02. The summed E-state index contributed by atoms with van der Waals surface area (Å²) in [6.07, 6.45) is 0.547. The second-order valence-corrected chi connectivity index (χ2v) is 9.57. The molecule has 0 bridgehead atoms. The molecule has 0 rings (SSSR count). The summed E-state index contributed by atoms with van der Waals surface area (Å²) in [7, 11) is -8.23. The van der Waals surface area contributed by atoms with Gasteiger partial charge in [-0.25, -0.2) is 0 Å². The quantitative estimate of drug-likeness (QED) is 0.528. The van der Waals surface area contributed by atoms with Gasteiger partial charge in [-0.15, -0.1) is 0 Å². The average Bonchev–Trinajstić information content (AvgIpc) is 2.26. The molecule has 0 aromatic carbocycles. The Bertz CT molecular complexity index is 426. The summed E-state index contributed by atoms with van der Waals surface area (Å²) >= 11 is 0. The van der Waals surface area contributed by atoms with Crippen LogP contribution in [0.2, 0.25) is 0 Å². The van der Waals surface area contributed by atoms with Crippen molar-refractivity contribution in [2.75, 3.05) is 0 Å². The van der Waals surface area contributed by atoms with Crippen molar-refractivity contribution in [1.29, 1.82) is 0 Å². The van der Waals surface area contributed by atoms with Gasteiger partial charge in [0.25, 0.3) is 20.2 Å². The summed E-state index contributed by atoms with van der Waals surface area (Å²) in [4.78, 5) is 0. The number of hydrogen-bond donors (Lipinski definition) is 0. The smallest absolute Gasteiger partial charge is 0.196 e. The highest BCUT2D eigenvalue weighted by atomic mass is 32.2. The van der Waals surface area contributed by atoms with Crippen LogP contribution >= 0.6 is 0 Å². The molecule has 0 spiro atoms. The summed E-state index contributed by atoms with van der Waals surface area (Å²) in [5.74, 6) is 0. The van der Waals surface area contributed by atoms with Gasteiger partial charge >= 0.3 is 0 Å². The Kier molecular flexibility index (Phi) is 5.38. The van der Waals surface area contributed by atoms with E-state index in [9.17, 15) is 16.8 Å². The lowest BCUT2D eigenvalue weighted by Gasteiger charge is -2.24. The summed E-state index contributed by atoms with van der Waals surface area (Å²) < 4.78 is 53.0. The maximum atomic E-state index is 11.7. The zero-order valence-electron chi connectivity index (χ0n) is 11.7. The van der Waals surface area contributed by atoms with Gasteiger partial charge in [-0.05, 0) is 40.5 Å². The van der Waals surface area contributed by atoms with Gasteiger partial charge in [0, 0.05) is 0 Å². The van der Waals surface area contributed by atoms with E-state index >= 15 is 0 Å². The highest BCUT2D eigenvalue weighted by Crippen LogP contribution is 2.26. The molecule has 0 saturated carbocycles. The van der Waals surface area contributed by atoms with Gasteiger partial charge in [-0.3, -0.25) is 0 Å². The molecule has 0 saturated heterocycles. The zero-order chi connectivity index (χ0) is 14.8. The van der Waals surface area contributed by atoms with Gasteiger partial charge in [-0.1, -0.05) is 22.5 Å². The average molecular weight is 302 g/mol. The van der Waals surface area contributed by atoms with Gasteiger partial charge in [0.1, 0.15) is 0 Å². The Labute approximate surface area is 110 Å². The van der Waals surface area contributed by atoms with E-state index in [0.29, 0.717) is 0 Å². The molecule has 0 amide bonds. The second-order valence-electron chi connectivity index (χ2n) is 5.27. The van der Waals surface area contributed by atoms with Crippen molar-refractivity contribution in [3.8, 4) is 0 Å². The van der Waals surface area contributed by atoms with Crippen LogP contribution in [-0.2, 0) is 28.9 Å². The molecule has 0 heterocycles. The maximum Gasteiger partial charge on any atom is 0.299 e. The minimum atomic E-state index is -4.11. The summed E-state index contributed by atoms with van der Waals surface area (Å²) in [5, 5.41) is 0. The molecule has 0 aromatic heterocycles. The lowest BCUT2D eigenvalue weighted by atomic mass is 10.1. The first-order chi connectivity index (χ1) is 7.83. The highest BCUT2D eigenvalue weighted by Gasteiger charge is 2.40. The van der Waals surface area contributed by atoms with Crippen molar-refractivity contribution >= 4 is 20.2 Å². The number of rotatable bonds is 7. The molecular formula is C10H22O6S2. The third-order valence-corrected chi connectivity index (χ3v) is 7.13. The van der Waals surface area contributed by atoms with E-state index in [0.717, 1.165) is 0 Å². The van der Waals surface area contributed by atoms with Crippen molar-refractivity contribution in [3.63, 3.8) is 0 Å². The van der Waals surface area contributed by atoms with Crippen molar-refractivity contribution in [1.82, 2.24) is 0 Å². The SMILES string of the molecule is CCC(C)(C)S(=O)(=O)OOS(=O)(=O)C(C)(C)CC. The fourth-order valence-corrected chi connectivity index (χ4v) is 2.27. The summed E-state index contributed by atoms with van der Waals surface area (Å²) in [6.45, 7) is 9.05. The third-order valence-electron chi connectivity index (χ3n) is 3.26. The molecule has 0 unspecified atom stereocenters. The monoisotopic (exact) mass is 302 g/mol.